The minimum Gasteiger partial charge on any atom is -0.493 e. The Bertz CT molecular complexity index is 746. The molecule has 1 heterocycles. The van der Waals surface area contributed by atoms with Gasteiger partial charge in [-0.1, -0.05) is 13.0 Å². The number of likely N-dealkylation sites (tertiary alicyclic amines) is 1. The van der Waals surface area contributed by atoms with Crippen LogP contribution in [-0.2, 0) is 9.53 Å². The summed E-state index contributed by atoms with van der Waals surface area (Å²) >= 11 is 0. The van der Waals surface area contributed by atoms with Crippen molar-refractivity contribution in [2.75, 3.05) is 26.8 Å². The Morgan fingerprint density at radius 2 is 1.90 bits per heavy atom. The van der Waals surface area contributed by atoms with Crippen molar-refractivity contribution in [1.29, 1.82) is 0 Å². The number of benzene rings is 1. The average molecular weight is 419 g/mol. The van der Waals surface area contributed by atoms with E-state index >= 15 is 0 Å². The Hall–Kier alpha value is -2.70. The lowest BCUT2D eigenvalue weighted by atomic mass is 10.1. The van der Waals surface area contributed by atoms with Gasteiger partial charge in [0, 0.05) is 25.2 Å². The van der Waals surface area contributed by atoms with Crippen LogP contribution in [0.25, 0.3) is 6.08 Å². The van der Waals surface area contributed by atoms with Crippen molar-refractivity contribution in [1.82, 2.24) is 10.2 Å². The molecule has 1 aromatic rings. The highest BCUT2D eigenvalue weighted by atomic mass is 16.6. The lowest BCUT2D eigenvalue weighted by Gasteiger charge is -2.32. The molecular formula is C23H34N2O5. The fourth-order valence-corrected chi connectivity index (χ4v) is 3.11. The fourth-order valence-electron chi connectivity index (χ4n) is 3.11. The second-order valence-corrected chi connectivity index (χ2v) is 8.34. The van der Waals surface area contributed by atoms with Gasteiger partial charge in [0.05, 0.1) is 13.7 Å². The first-order chi connectivity index (χ1) is 14.2. The Morgan fingerprint density at radius 1 is 1.20 bits per heavy atom. The molecule has 1 aromatic carbocycles. The average Bonchev–Trinajstić information content (AvgIpc) is 2.69. The van der Waals surface area contributed by atoms with Gasteiger partial charge in [-0.15, -0.1) is 0 Å². The maximum atomic E-state index is 12.5. The molecular weight excluding hydrogens is 384 g/mol. The van der Waals surface area contributed by atoms with E-state index in [-0.39, 0.29) is 11.9 Å². The van der Waals surface area contributed by atoms with Gasteiger partial charge in [0.15, 0.2) is 11.5 Å². The molecule has 0 bridgehead atoms. The van der Waals surface area contributed by atoms with Crippen LogP contribution in [0.3, 0.4) is 0 Å². The van der Waals surface area contributed by atoms with Gasteiger partial charge >= 0.3 is 6.09 Å². The van der Waals surface area contributed by atoms with E-state index in [1.165, 1.54) is 0 Å². The smallest absolute Gasteiger partial charge is 0.407 e. The second-order valence-electron chi connectivity index (χ2n) is 8.34. The zero-order valence-electron chi connectivity index (χ0n) is 18.7. The van der Waals surface area contributed by atoms with Crippen molar-refractivity contribution in [3.05, 3.63) is 29.8 Å². The van der Waals surface area contributed by atoms with Crippen molar-refractivity contribution < 1.29 is 23.8 Å². The SMILES string of the molecule is CCCOc1ccc(/C=C/C(=O)N2CCC(NC(=O)OC(C)(C)C)CC2)cc1OC. The van der Waals surface area contributed by atoms with Crippen LogP contribution in [-0.4, -0.2) is 55.3 Å². The summed E-state index contributed by atoms with van der Waals surface area (Å²) in [6.07, 6.45) is 5.27. The first kappa shape index (κ1) is 23.6. The molecule has 1 aliphatic heterocycles. The molecule has 2 rings (SSSR count). The van der Waals surface area contributed by atoms with Crippen molar-refractivity contribution in [3.8, 4) is 11.5 Å². The predicted octanol–water partition coefficient (Wildman–Crippen LogP) is 4.01. The van der Waals surface area contributed by atoms with Crippen molar-refractivity contribution in [2.45, 2.75) is 58.6 Å². The maximum Gasteiger partial charge on any atom is 0.407 e. The molecule has 2 amide bonds. The monoisotopic (exact) mass is 418 g/mol. The largest absolute Gasteiger partial charge is 0.493 e. The van der Waals surface area contributed by atoms with Gasteiger partial charge in [0.1, 0.15) is 5.60 Å². The molecule has 1 aliphatic rings. The zero-order valence-corrected chi connectivity index (χ0v) is 18.7. The Kier molecular flexibility index (Phi) is 8.57. The number of hydrogen-bond acceptors (Lipinski definition) is 5. The Balaban J connectivity index is 1.85. The molecule has 0 aliphatic carbocycles. The molecule has 0 unspecified atom stereocenters. The van der Waals surface area contributed by atoms with Crippen molar-refractivity contribution >= 4 is 18.1 Å². The summed E-state index contributed by atoms with van der Waals surface area (Å²) in [4.78, 5) is 26.2. The van der Waals surface area contributed by atoms with E-state index < -0.39 is 11.7 Å². The molecule has 0 saturated carbocycles. The number of carbonyl (C=O) groups is 2. The molecule has 7 heteroatoms. The van der Waals surface area contributed by atoms with Crippen LogP contribution in [0.2, 0.25) is 0 Å². The summed E-state index contributed by atoms with van der Waals surface area (Å²) in [6, 6.07) is 5.62. The normalized spacial score (nSPS) is 15.2. The number of ether oxygens (including phenoxy) is 3. The number of rotatable bonds is 7. The third kappa shape index (κ3) is 7.61. The molecule has 7 nitrogen and oxygen atoms in total. The van der Waals surface area contributed by atoms with Crippen LogP contribution in [0.1, 0.15) is 52.5 Å². The minimum absolute atomic E-state index is 0.0211. The number of alkyl carbamates (subject to hydrolysis) is 1. The third-order valence-electron chi connectivity index (χ3n) is 4.60. The van der Waals surface area contributed by atoms with Crippen LogP contribution in [0.4, 0.5) is 4.79 Å². The predicted molar refractivity (Wildman–Crippen MR) is 117 cm³/mol. The summed E-state index contributed by atoms with van der Waals surface area (Å²) in [5, 5.41) is 2.88. The first-order valence-electron chi connectivity index (χ1n) is 10.5. The topological polar surface area (TPSA) is 77.1 Å². The van der Waals surface area contributed by atoms with Crippen LogP contribution in [0, 0.1) is 0 Å². The molecule has 1 N–H and O–H groups in total. The van der Waals surface area contributed by atoms with Crippen LogP contribution < -0.4 is 14.8 Å². The standard InChI is InChI=1S/C23H34N2O5/c1-6-15-29-19-9-7-17(16-20(19)28-5)8-10-21(26)25-13-11-18(12-14-25)24-22(27)30-23(2,3)4/h7-10,16,18H,6,11-15H2,1-5H3,(H,24,27)/b10-8+. The van der Waals surface area contributed by atoms with E-state index in [9.17, 15) is 9.59 Å². The first-order valence-corrected chi connectivity index (χ1v) is 10.5. The van der Waals surface area contributed by atoms with Crippen molar-refractivity contribution in [3.63, 3.8) is 0 Å². The number of methoxy groups -OCH3 is 1. The summed E-state index contributed by atoms with van der Waals surface area (Å²) in [5.74, 6) is 1.30. The van der Waals surface area contributed by atoms with E-state index in [1.54, 1.807) is 24.2 Å². The van der Waals surface area contributed by atoms with Gasteiger partial charge in [0.25, 0.3) is 0 Å². The van der Waals surface area contributed by atoms with E-state index in [1.807, 2.05) is 45.9 Å². The number of piperidine rings is 1. The highest BCUT2D eigenvalue weighted by Gasteiger charge is 2.25. The highest BCUT2D eigenvalue weighted by Crippen LogP contribution is 2.28. The fraction of sp³-hybridized carbons (Fsp3) is 0.565. The van der Waals surface area contributed by atoms with Gasteiger partial charge in [-0.25, -0.2) is 4.79 Å². The van der Waals surface area contributed by atoms with Gasteiger partial charge in [-0.2, -0.15) is 0 Å². The number of nitrogens with one attached hydrogen (secondary N) is 1. The van der Waals surface area contributed by atoms with Crippen LogP contribution in [0.15, 0.2) is 24.3 Å². The molecule has 166 valence electrons. The second kappa shape index (κ2) is 10.9. The molecule has 30 heavy (non-hydrogen) atoms. The van der Waals surface area contributed by atoms with Gasteiger partial charge in [-0.3, -0.25) is 4.79 Å². The lowest BCUT2D eigenvalue weighted by Crippen LogP contribution is -2.47. The molecule has 1 fully saturated rings. The van der Waals surface area contributed by atoms with E-state index in [0.717, 1.165) is 12.0 Å². The van der Waals surface area contributed by atoms with E-state index in [2.05, 4.69) is 5.32 Å². The quantitative estimate of drug-likeness (QED) is 0.677. The summed E-state index contributed by atoms with van der Waals surface area (Å²) in [6.45, 7) is 9.37. The highest BCUT2D eigenvalue weighted by molar-refractivity contribution is 5.92. The molecule has 0 atom stereocenters. The van der Waals surface area contributed by atoms with Gasteiger partial charge < -0.3 is 24.4 Å². The van der Waals surface area contributed by atoms with E-state index in [0.29, 0.717) is 44.0 Å². The zero-order chi connectivity index (χ0) is 22.1. The third-order valence-corrected chi connectivity index (χ3v) is 4.60. The number of carbonyl (C=O) groups excluding carboxylic acids is 2. The summed E-state index contributed by atoms with van der Waals surface area (Å²) < 4.78 is 16.3. The van der Waals surface area contributed by atoms with Crippen molar-refractivity contribution in [2.24, 2.45) is 0 Å². The van der Waals surface area contributed by atoms with Gasteiger partial charge in [-0.05, 0) is 63.8 Å². The number of nitrogens with zero attached hydrogens (tertiary/aromatic N) is 1. The lowest BCUT2D eigenvalue weighted by molar-refractivity contribution is -0.127. The Morgan fingerprint density at radius 3 is 2.50 bits per heavy atom. The summed E-state index contributed by atoms with van der Waals surface area (Å²) in [7, 11) is 1.60. The minimum atomic E-state index is -0.519. The molecule has 1 saturated heterocycles. The number of hydrogen-bond donors (Lipinski definition) is 1. The molecule has 0 aromatic heterocycles. The number of amides is 2. The Labute approximate surface area is 179 Å². The van der Waals surface area contributed by atoms with E-state index in [4.69, 9.17) is 14.2 Å². The molecule has 0 spiro atoms. The van der Waals surface area contributed by atoms with Gasteiger partial charge in [0.2, 0.25) is 5.91 Å². The van der Waals surface area contributed by atoms with Crippen LogP contribution in [0.5, 0.6) is 11.5 Å². The maximum absolute atomic E-state index is 12.5. The van der Waals surface area contributed by atoms with Crippen LogP contribution >= 0.6 is 0 Å². The molecule has 0 radical (unpaired) electrons. The summed E-state index contributed by atoms with van der Waals surface area (Å²) in [5.41, 5.74) is 0.347.